The Labute approximate surface area is 112 Å². The number of nitrogens with zero attached hydrogens (tertiary/aromatic N) is 1. The number of aliphatic hydroxyl groups is 1. The van der Waals surface area contributed by atoms with Gasteiger partial charge in [-0.2, -0.15) is 0 Å². The minimum atomic E-state index is -0.314. The third-order valence-electron chi connectivity index (χ3n) is 2.35. The highest BCUT2D eigenvalue weighted by Gasteiger charge is 2.16. The third-order valence-corrected chi connectivity index (χ3v) is 2.57. The molecule has 0 aliphatic heterocycles. The molecule has 5 heteroatoms. The molecule has 1 amide bonds. The van der Waals surface area contributed by atoms with E-state index in [4.69, 9.17) is 16.7 Å². The van der Waals surface area contributed by atoms with Gasteiger partial charge in [0, 0.05) is 30.8 Å². The van der Waals surface area contributed by atoms with Crippen LogP contribution in [0.15, 0.2) is 24.4 Å². The molecule has 0 spiro atoms. The van der Waals surface area contributed by atoms with Crippen LogP contribution < -0.4 is 5.32 Å². The van der Waals surface area contributed by atoms with Gasteiger partial charge in [0.05, 0.1) is 0 Å². The summed E-state index contributed by atoms with van der Waals surface area (Å²) in [4.78, 5) is 15.4. The molecule has 0 aliphatic carbocycles. The monoisotopic (exact) mass is 268 g/mol. The second-order valence-electron chi connectivity index (χ2n) is 4.79. The second-order valence-corrected chi connectivity index (χ2v) is 5.17. The van der Waals surface area contributed by atoms with Crippen LogP contribution in [0.25, 0.3) is 6.08 Å². The zero-order chi connectivity index (χ0) is 13.6. The van der Waals surface area contributed by atoms with Crippen molar-refractivity contribution in [2.24, 2.45) is 5.41 Å². The second kappa shape index (κ2) is 6.52. The molecule has 0 unspecified atom stereocenters. The molecule has 0 atom stereocenters. The van der Waals surface area contributed by atoms with Gasteiger partial charge in [0.1, 0.15) is 5.15 Å². The van der Waals surface area contributed by atoms with Crippen molar-refractivity contribution in [1.82, 2.24) is 10.3 Å². The molecule has 0 aromatic carbocycles. The lowest BCUT2D eigenvalue weighted by Gasteiger charge is -2.21. The van der Waals surface area contributed by atoms with E-state index in [1.54, 1.807) is 24.4 Å². The first-order valence-electron chi connectivity index (χ1n) is 5.61. The lowest BCUT2D eigenvalue weighted by Crippen LogP contribution is -2.35. The highest BCUT2D eigenvalue weighted by molar-refractivity contribution is 6.29. The number of hydrogen-bond acceptors (Lipinski definition) is 3. The van der Waals surface area contributed by atoms with Crippen LogP contribution in [-0.4, -0.2) is 29.1 Å². The van der Waals surface area contributed by atoms with Crippen molar-refractivity contribution in [2.75, 3.05) is 13.2 Å². The molecule has 1 rings (SSSR count). The normalized spacial score (nSPS) is 11.8. The maximum atomic E-state index is 11.5. The minimum Gasteiger partial charge on any atom is -0.396 e. The van der Waals surface area contributed by atoms with Crippen molar-refractivity contribution in [1.29, 1.82) is 0 Å². The van der Waals surface area contributed by atoms with Gasteiger partial charge < -0.3 is 10.4 Å². The molecule has 0 saturated heterocycles. The molecule has 0 radical (unpaired) electrons. The number of aromatic nitrogens is 1. The van der Waals surface area contributed by atoms with Crippen LogP contribution in [0.1, 0.15) is 19.4 Å². The smallest absolute Gasteiger partial charge is 0.244 e. The standard InChI is InChI=1S/C13H17ClN2O2/c1-13(2,9-17)8-16-12(18)6-4-10-3-5-11(14)15-7-10/h3-7,17H,8-9H2,1-2H3,(H,16,18)/b6-4+. The molecule has 0 fully saturated rings. The molecule has 0 aliphatic rings. The van der Waals surface area contributed by atoms with E-state index in [0.717, 1.165) is 5.56 Å². The summed E-state index contributed by atoms with van der Waals surface area (Å²) < 4.78 is 0. The summed E-state index contributed by atoms with van der Waals surface area (Å²) in [6, 6.07) is 3.44. The molecule has 0 saturated carbocycles. The van der Waals surface area contributed by atoms with E-state index < -0.39 is 0 Å². The maximum Gasteiger partial charge on any atom is 0.244 e. The zero-order valence-corrected chi connectivity index (χ0v) is 11.2. The Morgan fingerprint density at radius 2 is 2.28 bits per heavy atom. The Morgan fingerprint density at radius 3 is 2.83 bits per heavy atom. The van der Waals surface area contributed by atoms with Gasteiger partial charge in [0.15, 0.2) is 0 Å². The lowest BCUT2D eigenvalue weighted by atomic mass is 9.95. The number of pyridine rings is 1. The van der Waals surface area contributed by atoms with Crippen LogP contribution in [0.5, 0.6) is 0 Å². The van der Waals surface area contributed by atoms with E-state index >= 15 is 0 Å². The summed E-state index contributed by atoms with van der Waals surface area (Å²) in [5.74, 6) is -0.202. The topological polar surface area (TPSA) is 62.2 Å². The summed E-state index contributed by atoms with van der Waals surface area (Å²) in [7, 11) is 0. The quantitative estimate of drug-likeness (QED) is 0.633. The summed E-state index contributed by atoms with van der Waals surface area (Å²) in [6.07, 6.45) is 4.67. The van der Waals surface area contributed by atoms with Crippen molar-refractivity contribution in [3.63, 3.8) is 0 Å². The van der Waals surface area contributed by atoms with Crippen molar-refractivity contribution < 1.29 is 9.90 Å². The van der Waals surface area contributed by atoms with Crippen LogP contribution in [0.3, 0.4) is 0 Å². The third kappa shape index (κ3) is 5.29. The summed E-state index contributed by atoms with van der Waals surface area (Å²) in [5, 5.41) is 12.2. The number of halogens is 1. The molecule has 0 bridgehead atoms. The molecule has 2 N–H and O–H groups in total. The molecule has 1 aromatic rings. The van der Waals surface area contributed by atoms with E-state index in [9.17, 15) is 4.79 Å². The summed E-state index contributed by atoms with van der Waals surface area (Å²) in [6.45, 7) is 4.20. The zero-order valence-electron chi connectivity index (χ0n) is 10.5. The van der Waals surface area contributed by atoms with Crippen molar-refractivity contribution in [3.05, 3.63) is 35.1 Å². The number of carbonyl (C=O) groups is 1. The SMILES string of the molecule is CC(C)(CO)CNC(=O)/C=C/c1ccc(Cl)nc1. The number of aliphatic hydroxyl groups excluding tert-OH is 1. The Balaban J connectivity index is 2.47. The fourth-order valence-corrected chi connectivity index (χ4v) is 1.21. The summed E-state index contributed by atoms with van der Waals surface area (Å²) >= 11 is 5.65. The van der Waals surface area contributed by atoms with Crippen LogP contribution in [0.2, 0.25) is 5.15 Å². The van der Waals surface area contributed by atoms with Gasteiger partial charge in [-0.25, -0.2) is 4.98 Å². The molecule has 4 nitrogen and oxygen atoms in total. The van der Waals surface area contributed by atoms with Crippen molar-refractivity contribution >= 4 is 23.6 Å². The lowest BCUT2D eigenvalue weighted by molar-refractivity contribution is -0.116. The van der Waals surface area contributed by atoms with Crippen molar-refractivity contribution in [2.45, 2.75) is 13.8 Å². The van der Waals surface area contributed by atoms with Gasteiger partial charge in [0.2, 0.25) is 5.91 Å². The number of hydrogen-bond donors (Lipinski definition) is 2. The first kappa shape index (κ1) is 14.7. The Kier molecular flexibility index (Phi) is 5.31. The first-order chi connectivity index (χ1) is 8.43. The average molecular weight is 269 g/mol. The van der Waals surface area contributed by atoms with Crippen LogP contribution in [0.4, 0.5) is 0 Å². The first-order valence-corrected chi connectivity index (χ1v) is 5.99. The number of amides is 1. The molecular formula is C13H17ClN2O2. The number of carbonyl (C=O) groups excluding carboxylic acids is 1. The molecule has 98 valence electrons. The fourth-order valence-electron chi connectivity index (χ4n) is 1.10. The van der Waals surface area contributed by atoms with E-state index in [-0.39, 0.29) is 17.9 Å². The maximum absolute atomic E-state index is 11.5. The molecular weight excluding hydrogens is 252 g/mol. The molecule has 1 heterocycles. The van der Waals surface area contributed by atoms with E-state index in [0.29, 0.717) is 11.7 Å². The predicted molar refractivity (Wildman–Crippen MR) is 72.2 cm³/mol. The fraction of sp³-hybridized carbons (Fsp3) is 0.385. The Bertz CT molecular complexity index is 427. The number of nitrogens with one attached hydrogen (secondary N) is 1. The van der Waals surface area contributed by atoms with Gasteiger partial charge in [-0.15, -0.1) is 0 Å². The van der Waals surface area contributed by atoms with Crippen LogP contribution in [-0.2, 0) is 4.79 Å². The van der Waals surface area contributed by atoms with Gasteiger partial charge in [-0.1, -0.05) is 31.5 Å². The Morgan fingerprint density at radius 1 is 1.56 bits per heavy atom. The predicted octanol–water partition coefficient (Wildman–Crippen LogP) is 1.88. The molecule has 18 heavy (non-hydrogen) atoms. The van der Waals surface area contributed by atoms with E-state index in [1.165, 1.54) is 6.08 Å². The van der Waals surface area contributed by atoms with Gasteiger partial charge in [0.25, 0.3) is 0 Å². The van der Waals surface area contributed by atoms with Crippen LogP contribution in [0, 0.1) is 5.41 Å². The minimum absolute atomic E-state index is 0.0259. The van der Waals surface area contributed by atoms with Crippen molar-refractivity contribution in [3.8, 4) is 0 Å². The van der Waals surface area contributed by atoms with E-state index in [2.05, 4.69) is 10.3 Å². The van der Waals surface area contributed by atoms with Gasteiger partial charge in [-0.05, 0) is 17.7 Å². The molecule has 1 aromatic heterocycles. The van der Waals surface area contributed by atoms with Crippen LogP contribution >= 0.6 is 11.6 Å². The van der Waals surface area contributed by atoms with Gasteiger partial charge in [-0.3, -0.25) is 4.79 Å². The number of rotatable bonds is 5. The van der Waals surface area contributed by atoms with Gasteiger partial charge >= 0.3 is 0 Å². The highest BCUT2D eigenvalue weighted by atomic mass is 35.5. The van der Waals surface area contributed by atoms with E-state index in [1.807, 2.05) is 13.8 Å². The highest BCUT2D eigenvalue weighted by Crippen LogP contribution is 2.11. The largest absolute Gasteiger partial charge is 0.396 e. The Hall–Kier alpha value is -1.39. The summed E-state index contributed by atoms with van der Waals surface area (Å²) in [5.41, 5.74) is 0.488. The average Bonchev–Trinajstić information content (AvgIpc) is 2.36.